The zero-order valence-corrected chi connectivity index (χ0v) is 11.1. The van der Waals surface area contributed by atoms with Gasteiger partial charge in [-0.1, -0.05) is 24.3 Å². The van der Waals surface area contributed by atoms with E-state index in [4.69, 9.17) is 0 Å². The molecule has 0 aliphatic heterocycles. The average molecular weight is 247 g/mol. The molecule has 0 amide bonds. The van der Waals surface area contributed by atoms with E-state index in [0.29, 0.717) is 5.56 Å². The highest BCUT2D eigenvalue weighted by Gasteiger charge is 2.22. The number of nitrogens with zero attached hydrogens (tertiary/aromatic N) is 1. The molecule has 0 heterocycles. The van der Waals surface area contributed by atoms with Crippen LogP contribution in [-0.4, -0.2) is 37.9 Å². The predicted octanol–water partition coefficient (Wildman–Crippen LogP) is 1.80. The standard InChI is InChI=1S/C14H17NO3/c1-10-7-5-6-8-11(10)13(16)12(9-15(2)3)14(17)18-4/h5-9H,1-4H3. The maximum atomic E-state index is 12.3. The molecule has 1 aromatic rings. The molecule has 0 atom stereocenters. The van der Waals surface area contributed by atoms with Crippen molar-refractivity contribution in [3.63, 3.8) is 0 Å². The van der Waals surface area contributed by atoms with E-state index in [1.807, 2.05) is 19.1 Å². The van der Waals surface area contributed by atoms with Gasteiger partial charge >= 0.3 is 5.97 Å². The molecule has 0 spiro atoms. The smallest absolute Gasteiger partial charge is 0.343 e. The first-order valence-corrected chi connectivity index (χ1v) is 5.54. The van der Waals surface area contributed by atoms with E-state index in [1.54, 1.807) is 31.1 Å². The monoisotopic (exact) mass is 247 g/mol. The summed E-state index contributed by atoms with van der Waals surface area (Å²) >= 11 is 0. The first-order chi connectivity index (χ1) is 8.47. The fourth-order valence-electron chi connectivity index (χ4n) is 1.54. The third-order valence-electron chi connectivity index (χ3n) is 2.43. The number of ether oxygens (including phenoxy) is 1. The van der Waals surface area contributed by atoms with Crippen LogP contribution in [0, 0.1) is 6.92 Å². The number of Topliss-reactive ketones (excluding diaryl/α,β-unsaturated/α-hetero) is 1. The Morgan fingerprint density at radius 3 is 2.33 bits per heavy atom. The number of aryl methyl sites for hydroxylation is 1. The van der Waals surface area contributed by atoms with Crippen LogP contribution in [0.1, 0.15) is 15.9 Å². The number of ketones is 1. The van der Waals surface area contributed by atoms with Gasteiger partial charge in [-0.15, -0.1) is 0 Å². The Labute approximate surface area is 107 Å². The molecule has 0 N–H and O–H groups in total. The normalized spacial score (nSPS) is 11.0. The number of benzene rings is 1. The highest BCUT2D eigenvalue weighted by atomic mass is 16.5. The molecule has 0 saturated heterocycles. The summed E-state index contributed by atoms with van der Waals surface area (Å²) in [5.74, 6) is -0.953. The van der Waals surface area contributed by atoms with Crippen molar-refractivity contribution >= 4 is 11.8 Å². The van der Waals surface area contributed by atoms with Crippen molar-refractivity contribution in [2.75, 3.05) is 21.2 Å². The number of rotatable bonds is 4. The van der Waals surface area contributed by atoms with E-state index in [2.05, 4.69) is 4.74 Å². The fourth-order valence-corrected chi connectivity index (χ4v) is 1.54. The number of carbonyl (C=O) groups is 2. The SMILES string of the molecule is COC(=O)C(=CN(C)C)C(=O)c1ccccc1C. The lowest BCUT2D eigenvalue weighted by Gasteiger charge is -2.11. The molecule has 4 heteroatoms. The van der Waals surface area contributed by atoms with E-state index in [9.17, 15) is 9.59 Å². The van der Waals surface area contributed by atoms with E-state index < -0.39 is 5.97 Å². The minimum Gasteiger partial charge on any atom is -0.465 e. The van der Waals surface area contributed by atoms with E-state index in [-0.39, 0.29) is 11.4 Å². The van der Waals surface area contributed by atoms with Gasteiger partial charge in [-0.3, -0.25) is 4.79 Å². The molecule has 0 unspecified atom stereocenters. The Morgan fingerprint density at radius 2 is 1.83 bits per heavy atom. The summed E-state index contributed by atoms with van der Waals surface area (Å²) < 4.78 is 4.64. The molecule has 18 heavy (non-hydrogen) atoms. The quantitative estimate of drug-likeness (QED) is 0.267. The van der Waals surface area contributed by atoms with E-state index >= 15 is 0 Å². The Balaban J connectivity index is 3.20. The topological polar surface area (TPSA) is 46.6 Å². The summed E-state index contributed by atoms with van der Waals surface area (Å²) in [4.78, 5) is 25.6. The van der Waals surface area contributed by atoms with Gasteiger partial charge in [0.05, 0.1) is 7.11 Å². The molecule has 4 nitrogen and oxygen atoms in total. The maximum absolute atomic E-state index is 12.3. The van der Waals surface area contributed by atoms with Crippen molar-refractivity contribution in [3.05, 3.63) is 47.2 Å². The van der Waals surface area contributed by atoms with Crippen molar-refractivity contribution in [3.8, 4) is 0 Å². The zero-order chi connectivity index (χ0) is 13.7. The number of carbonyl (C=O) groups excluding carboxylic acids is 2. The first-order valence-electron chi connectivity index (χ1n) is 5.54. The highest BCUT2D eigenvalue weighted by Crippen LogP contribution is 2.14. The molecule has 0 bridgehead atoms. The van der Waals surface area contributed by atoms with Gasteiger partial charge in [0.15, 0.2) is 0 Å². The van der Waals surface area contributed by atoms with Gasteiger partial charge in [-0.2, -0.15) is 0 Å². The largest absolute Gasteiger partial charge is 0.465 e. The van der Waals surface area contributed by atoms with Crippen molar-refractivity contribution in [1.29, 1.82) is 0 Å². The molecule has 1 aromatic carbocycles. The van der Waals surface area contributed by atoms with Gasteiger partial charge in [-0.25, -0.2) is 4.79 Å². The summed E-state index contributed by atoms with van der Waals surface area (Å²) in [5.41, 5.74) is 1.36. The Hall–Kier alpha value is -2.10. The van der Waals surface area contributed by atoms with Crippen LogP contribution in [0.5, 0.6) is 0 Å². The molecule has 0 aromatic heterocycles. The summed E-state index contributed by atoms with van der Waals surface area (Å²) in [6, 6.07) is 7.15. The van der Waals surface area contributed by atoms with Crippen LogP contribution in [0.25, 0.3) is 0 Å². The zero-order valence-electron chi connectivity index (χ0n) is 11.1. The van der Waals surface area contributed by atoms with Crippen LogP contribution in [-0.2, 0) is 9.53 Å². The van der Waals surface area contributed by atoms with Crippen molar-refractivity contribution < 1.29 is 14.3 Å². The van der Waals surface area contributed by atoms with Crippen LogP contribution < -0.4 is 0 Å². The molecular formula is C14H17NO3. The molecule has 0 aliphatic carbocycles. The van der Waals surface area contributed by atoms with Gasteiger partial charge < -0.3 is 9.64 Å². The summed E-state index contributed by atoms with van der Waals surface area (Å²) in [6.45, 7) is 1.83. The average Bonchev–Trinajstić information content (AvgIpc) is 2.34. The van der Waals surface area contributed by atoms with Crippen LogP contribution in [0.4, 0.5) is 0 Å². The second kappa shape index (κ2) is 6.00. The van der Waals surface area contributed by atoms with Gasteiger partial charge in [0.25, 0.3) is 0 Å². The van der Waals surface area contributed by atoms with Gasteiger partial charge in [0.2, 0.25) is 5.78 Å². The number of esters is 1. The van der Waals surface area contributed by atoms with E-state index in [1.165, 1.54) is 13.3 Å². The highest BCUT2D eigenvalue weighted by molar-refractivity contribution is 6.24. The van der Waals surface area contributed by atoms with Crippen LogP contribution in [0.3, 0.4) is 0 Å². The third kappa shape index (κ3) is 3.20. The number of methoxy groups -OCH3 is 1. The first kappa shape index (κ1) is 14.0. The Morgan fingerprint density at radius 1 is 1.22 bits per heavy atom. The lowest BCUT2D eigenvalue weighted by atomic mass is 9.99. The van der Waals surface area contributed by atoms with Crippen molar-refractivity contribution in [2.45, 2.75) is 6.92 Å². The molecular weight excluding hydrogens is 230 g/mol. The minimum absolute atomic E-state index is 0.0248. The van der Waals surface area contributed by atoms with Crippen LogP contribution in [0.2, 0.25) is 0 Å². The summed E-state index contributed by atoms with van der Waals surface area (Å²) in [6.07, 6.45) is 1.47. The molecule has 0 saturated carbocycles. The summed E-state index contributed by atoms with van der Waals surface area (Å²) in [7, 11) is 4.75. The molecule has 1 rings (SSSR count). The molecule has 0 radical (unpaired) electrons. The molecule has 0 fully saturated rings. The predicted molar refractivity (Wildman–Crippen MR) is 69.3 cm³/mol. The lowest BCUT2D eigenvalue weighted by molar-refractivity contribution is -0.135. The maximum Gasteiger partial charge on any atom is 0.343 e. The van der Waals surface area contributed by atoms with Crippen molar-refractivity contribution in [1.82, 2.24) is 4.90 Å². The molecule has 96 valence electrons. The second-order valence-electron chi connectivity index (χ2n) is 4.14. The van der Waals surface area contributed by atoms with Gasteiger partial charge in [0, 0.05) is 25.9 Å². The van der Waals surface area contributed by atoms with Crippen molar-refractivity contribution in [2.24, 2.45) is 0 Å². The lowest BCUT2D eigenvalue weighted by Crippen LogP contribution is -2.19. The fraction of sp³-hybridized carbons (Fsp3) is 0.286. The number of hydrogen-bond acceptors (Lipinski definition) is 4. The number of hydrogen-bond donors (Lipinski definition) is 0. The Kier molecular flexibility index (Phi) is 4.66. The second-order valence-corrected chi connectivity index (χ2v) is 4.14. The van der Waals surface area contributed by atoms with Gasteiger partial charge in [0.1, 0.15) is 5.57 Å². The third-order valence-corrected chi connectivity index (χ3v) is 2.43. The van der Waals surface area contributed by atoms with Crippen LogP contribution >= 0.6 is 0 Å². The Bertz CT molecular complexity index is 490. The molecule has 0 aliphatic rings. The van der Waals surface area contributed by atoms with Crippen LogP contribution in [0.15, 0.2) is 36.0 Å². The minimum atomic E-state index is -0.628. The van der Waals surface area contributed by atoms with Gasteiger partial charge in [-0.05, 0) is 12.5 Å². The van der Waals surface area contributed by atoms with E-state index in [0.717, 1.165) is 5.56 Å². The summed E-state index contributed by atoms with van der Waals surface area (Å²) in [5, 5.41) is 0.